The van der Waals surface area contributed by atoms with Crippen LogP contribution in [0.5, 0.6) is 0 Å². The molecule has 31 heavy (non-hydrogen) atoms. The van der Waals surface area contributed by atoms with E-state index in [-0.39, 0.29) is 11.7 Å². The normalized spacial score (nSPS) is 11.8. The molecule has 0 saturated heterocycles. The molecule has 156 valence electrons. The highest BCUT2D eigenvalue weighted by atomic mass is 16.6. The number of anilines is 1. The molecule has 0 bridgehead atoms. The Labute approximate surface area is 179 Å². The van der Waals surface area contributed by atoms with E-state index < -0.39 is 4.92 Å². The molecule has 0 aliphatic heterocycles. The van der Waals surface area contributed by atoms with Crippen LogP contribution >= 0.6 is 0 Å². The Hall–Kier alpha value is -4.14. The molecule has 9 nitrogen and oxygen atoms in total. The number of nitro benzene ring substituents is 1. The third-order valence-electron chi connectivity index (χ3n) is 4.92. The van der Waals surface area contributed by atoms with Crippen molar-refractivity contribution in [2.24, 2.45) is 0 Å². The number of aromatic nitrogens is 5. The fourth-order valence-electron chi connectivity index (χ4n) is 3.18. The minimum absolute atomic E-state index is 0.00844. The molecule has 4 rings (SSSR count). The van der Waals surface area contributed by atoms with Crippen LogP contribution < -0.4 is 5.32 Å². The van der Waals surface area contributed by atoms with Gasteiger partial charge in [-0.05, 0) is 43.2 Å². The Bertz CT molecular complexity index is 1170. The van der Waals surface area contributed by atoms with Crippen molar-refractivity contribution >= 4 is 11.5 Å². The lowest BCUT2D eigenvalue weighted by molar-refractivity contribution is -0.384. The third-order valence-corrected chi connectivity index (χ3v) is 4.92. The van der Waals surface area contributed by atoms with Gasteiger partial charge in [-0.15, -0.1) is 0 Å². The van der Waals surface area contributed by atoms with Gasteiger partial charge < -0.3 is 5.32 Å². The predicted octanol–water partition coefficient (Wildman–Crippen LogP) is 4.37. The summed E-state index contributed by atoms with van der Waals surface area (Å²) in [5, 5.41) is 18.5. The van der Waals surface area contributed by atoms with Crippen LogP contribution in [-0.2, 0) is 6.42 Å². The summed E-state index contributed by atoms with van der Waals surface area (Å²) in [5.41, 5.74) is 3.69. The summed E-state index contributed by atoms with van der Waals surface area (Å²) in [6, 6.07) is 16.2. The van der Waals surface area contributed by atoms with Gasteiger partial charge in [0.1, 0.15) is 18.5 Å². The zero-order chi connectivity index (χ0) is 21.8. The molecule has 0 fully saturated rings. The largest absolute Gasteiger partial charge is 0.363 e. The molecule has 4 aromatic rings. The summed E-state index contributed by atoms with van der Waals surface area (Å²) >= 11 is 0. The van der Waals surface area contributed by atoms with Gasteiger partial charge in [-0.25, -0.2) is 19.6 Å². The molecule has 2 aromatic heterocycles. The Kier molecular flexibility index (Phi) is 5.65. The number of nitro groups is 1. The summed E-state index contributed by atoms with van der Waals surface area (Å²) in [5.74, 6) is 1.23. The van der Waals surface area contributed by atoms with E-state index in [1.54, 1.807) is 23.1 Å². The summed E-state index contributed by atoms with van der Waals surface area (Å²) in [4.78, 5) is 23.7. The zero-order valence-electron chi connectivity index (χ0n) is 17.1. The Morgan fingerprint density at radius 3 is 2.45 bits per heavy atom. The highest BCUT2D eigenvalue weighted by Crippen LogP contribution is 2.24. The van der Waals surface area contributed by atoms with Gasteiger partial charge in [0.05, 0.1) is 10.6 Å². The average molecular weight is 415 g/mol. The maximum absolute atomic E-state index is 10.9. The second kappa shape index (κ2) is 8.70. The van der Waals surface area contributed by atoms with Crippen molar-refractivity contribution in [1.29, 1.82) is 0 Å². The van der Waals surface area contributed by atoms with E-state index in [1.807, 2.05) is 37.3 Å². The number of benzene rings is 2. The topological polar surface area (TPSA) is 112 Å². The standard InChI is InChI=1S/C22H21N7O2/c1-3-18-12-21(27-22(26-18)17-6-10-20(11-7-17)29(30)31)25-15(2)16-4-8-19(9-5-16)28-14-23-13-24-28/h4-15H,3H2,1-2H3,(H,25,26,27). The fraction of sp³-hybridized carbons (Fsp3) is 0.182. The summed E-state index contributed by atoms with van der Waals surface area (Å²) in [6.45, 7) is 4.09. The molecule has 1 atom stereocenters. The first-order valence-electron chi connectivity index (χ1n) is 9.88. The van der Waals surface area contributed by atoms with E-state index >= 15 is 0 Å². The average Bonchev–Trinajstić information content (AvgIpc) is 3.34. The number of hydrogen-bond donors (Lipinski definition) is 1. The number of rotatable bonds is 7. The van der Waals surface area contributed by atoms with Gasteiger partial charge in [0.15, 0.2) is 5.82 Å². The first kappa shape index (κ1) is 20.1. The minimum atomic E-state index is -0.421. The van der Waals surface area contributed by atoms with Crippen molar-refractivity contribution in [2.75, 3.05) is 5.32 Å². The van der Waals surface area contributed by atoms with Gasteiger partial charge in [-0.3, -0.25) is 10.1 Å². The van der Waals surface area contributed by atoms with Crippen LogP contribution in [0.4, 0.5) is 11.5 Å². The second-order valence-corrected chi connectivity index (χ2v) is 7.02. The van der Waals surface area contributed by atoms with Gasteiger partial charge in [0.25, 0.3) is 5.69 Å². The van der Waals surface area contributed by atoms with E-state index in [0.29, 0.717) is 11.6 Å². The fourth-order valence-corrected chi connectivity index (χ4v) is 3.18. The van der Waals surface area contributed by atoms with Gasteiger partial charge in [-0.1, -0.05) is 19.1 Å². The summed E-state index contributed by atoms with van der Waals surface area (Å²) in [6.07, 6.45) is 3.91. The highest BCUT2D eigenvalue weighted by Gasteiger charge is 2.12. The van der Waals surface area contributed by atoms with Gasteiger partial charge in [-0.2, -0.15) is 5.10 Å². The lowest BCUT2D eigenvalue weighted by atomic mass is 10.1. The second-order valence-electron chi connectivity index (χ2n) is 7.02. The molecular weight excluding hydrogens is 394 g/mol. The first-order valence-corrected chi connectivity index (χ1v) is 9.88. The Morgan fingerprint density at radius 1 is 1.10 bits per heavy atom. The predicted molar refractivity (Wildman–Crippen MR) is 117 cm³/mol. The van der Waals surface area contributed by atoms with Crippen LogP contribution in [0.2, 0.25) is 0 Å². The van der Waals surface area contributed by atoms with Gasteiger partial charge >= 0.3 is 0 Å². The molecular formula is C22H21N7O2. The first-order chi connectivity index (χ1) is 15.0. The molecule has 2 heterocycles. The van der Waals surface area contributed by atoms with E-state index in [4.69, 9.17) is 0 Å². The van der Waals surface area contributed by atoms with Crippen LogP contribution in [0.15, 0.2) is 67.3 Å². The maximum atomic E-state index is 10.9. The maximum Gasteiger partial charge on any atom is 0.269 e. The molecule has 0 aliphatic rings. The number of aryl methyl sites for hydroxylation is 1. The zero-order valence-corrected chi connectivity index (χ0v) is 17.1. The Morgan fingerprint density at radius 2 is 1.84 bits per heavy atom. The number of nitrogens with one attached hydrogen (secondary N) is 1. The Balaban J connectivity index is 1.56. The SMILES string of the molecule is CCc1cc(NC(C)c2ccc(-n3cncn3)cc2)nc(-c2ccc([N+](=O)[O-])cc2)n1. The van der Waals surface area contributed by atoms with Crippen molar-refractivity contribution in [3.63, 3.8) is 0 Å². The lowest BCUT2D eigenvalue weighted by Gasteiger charge is -2.17. The minimum Gasteiger partial charge on any atom is -0.363 e. The quantitative estimate of drug-likeness (QED) is 0.352. The monoisotopic (exact) mass is 415 g/mol. The van der Waals surface area contributed by atoms with E-state index in [0.717, 1.165) is 28.9 Å². The van der Waals surface area contributed by atoms with E-state index in [9.17, 15) is 10.1 Å². The summed E-state index contributed by atoms with van der Waals surface area (Å²) < 4.78 is 1.70. The molecule has 9 heteroatoms. The van der Waals surface area contributed by atoms with Crippen molar-refractivity contribution in [1.82, 2.24) is 24.7 Å². The van der Waals surface area contributed by atoms with Crippen LogP contribution in [0.25, 0.3) is 17.1 Å². The van der Waals surface area contributed by atoms with E-state index in [1.165, 1.54) is 18.5 Å². The van der Waals surface area contributed by atoms with Gasteiger partial charge in [0, 0.05) is 35.5 Å². The van der Waals surface area contributed by atoms with Gasteiger partial charge in [0.2, 0.25) is 0 Å². The van der Waals surface area contributed by atoms with Crippen LogP contribution in [0.3, 0.4) is 0 Å². The molecule has 0 amide bonds. The molecule has 0 spiro atoms. The van der Waals surface area contributed by atoms with Crippen molar-refractivity contribution in [2.45, 2.75) is 26.3 Å². The summed E-state index contributed by atoms with van der Waals surface area (Å²) in [7, 11) is 0. The lowest BCUT2D eigenvalue weighted by Crippen LogP contribution is -2.10. The molecule has 0 radical (unpaired) electrons. The van der Waals surface area contributed by atoms with Crippen LogP contribution in [0, 0.1) is 10.1 Å². The number of hydrogen-bond acceptors (Lipinski definition) is 7. The number of non-ortho nitro benzene ring substituents is 1. The van der Waals surface area contributed by atoms with Crippen LogP contribution in [-0.4, -0.2) is 29.7 Å². The molecule has 0 saturated carbocycles. The molecule has 0 aliphatic carbocycles. The van der Waals surface area contributed by atoms with Crippen LogP contribution in [0.1, 0.15) is 31.1 Å². The molecule has 2 aromatic carbocycles. The van der Waals surface area contributed by atoms with E-state index in [2.05, 4.69) is 32.3 Å². The van der Waals surface area contributed by atoms with Crippen molar-refractivity contribution in [3.05, 3.63) is 88.6 Å². The van der Waals surface area contributed by atoms with Crippen molar-refractivity contribution in [3.8, 4) is 17.1 Å². The highest BCUT2D eigenvalue weighted by molar-refractivity contribution is 5.59. The molecule has 1 unspecified atom stereocenters. The third kappa shape index (κ3) is 4.55. The smallest absolute Gasteiger partial charge is 0.269 e. The van der Waals surface area contributed by atoms with Crippen molar-refractivity contribution < 1.29 is 4.92 Å². The number of nitrogens with zero attached hydrogens (tertiary/aromatic N) is 6. The molecule has 1 N–H and O–H groups in total.